The zero-order valence-electron chi connectivity index (χ0n) is 21.3. The molecule has 1 saturated heterocycles. The van der Waals surface area contributed by atoms with Crippen molar-refractivity contribution in [3.05, 3.63) is 59.7 Å². The van der Waals surface area contributed by atoms with Crippen molar-refractivity contribution in [3.63, 3.8) is 0 Å². The SMILES string of the molecule is CCC(C)NC(=O)C1CCN(C(=O)c2ccc(NS(=O)(=O)c3ccc(C(C)(C)C)cc3)cc2)CC1. The number of anilines is 1. The van der Waals surface area contributed by atoms with E-state index in [1.807, 2.05) is 26.0 Å². The summed E-state index contributed by atoms with van der Waals surface area (Å²) in [6, 6.07) is 13.5. The molecule has 0 bridgehead atoms. The molecule has 190 valence electrons. The van der Waals surface area contributed by atoms with E-state index in [0.717, 1.165) is 12.0 Å². The average Bonchev–Trinajstić information content (AvgIpc) is 2.83. The molecule has 0 aliphatic carbocycles. The van der Waals surface area contributed by atoms with Gasteiger partial charge in [-0.3, -0.25) is 14.3 Å². The van der Waals surface area contributed by atoms with E-state index in [-0.39, 0.29) is 34.1 Å². The molecule has 3 rings (SSSR count). The molecule has 2 aromatic rings. The van der Waals surface area contributed by atoms with Gasteiger partial charge < -0.3 is 10.2 Å². The number of hydrogen-bond donors (Lipinski definition) is 2. The molecule has 1 heterocycles. The maximum Gasteiger partial charge on any atom is 0.261 e. The van der Waals surface area contributed by atoms with Crippen LogP contribution in [0.15, 0.2) is 53.4 Å². The molecule has 0 radical (unpaired) electrons. The van der Waals surface area contributed by atoms with Crippen LogP contribution in [0.4, 0.5) is 5.69 Å². The van der Waals surface area contributed by atoms with Gasteiger partial charge in [-0.2, -0.15) is 0 Å². The molecule has 35 heavy (non-hydrogen) atoms. The number of amides is 2. The van der Waals surface area contributed by atoms with E-state index < -0.39 is 10.0 Å². The second-order valence-electron chi connectivity index (χ2n) is 10.3. The highest BCUT2D eigenvalue weighted by Crippen LogP contribution is 2.25. The fraction of sp³-hybridized carbons (Fsp3) is 0.481. The van der Waals surface area contributed by atoms with Crippen LogP contribution in [-0.2, 0) is 20.2 Å². The smallest absolute Gasteiger partial charge is 0.261 e. The highest BCUT2D eigenvalue weighted by atomic mass is 32.2. The molecule has 1 unspecified atom stereocenters. The number of nitrogens with one attached hydrogen (secondary N) is 2. The van der Waals surface area contributed by atoms with Crippen LogP contribution in [0.1, 0.15) is 69.8 Å². The molecule has 0 saturated carbocycles. The van der Waals surface area contributed by atoms with Gasteiger partial charge in [0.25, 0.3) is 15.9 Å². The summed E-state index contributed by atoms with van der Waals surface area (Å²) in [5.74, 6) is -0.114. The summed E-state index contributed by atoms with van der Waals surface area (Å²) in [4.78, 5) is 27.2. The first-order valence-corrected chi connectivity index (χ1v) is 13.7. The fourth-order valence-corrected chi connectivity index (χ4v) is 5.08. The van der Waals surface area contributed by atoms with Crippen LogP contribution in [-0.4, -0.2) is 44.3 Å². The number of carbonyl (C=O) groups excluding carboxylic acids is 2. The van der Waals surface area contributed by atoms with Gasteiger partial charge in [-0.05, 0) is 73.6 Å². The maximum atomic E-state index is 12.9. The van der Waals surface area contributed by atoms with Gasteiger partial charge in [0.05, 0.1) is 4.90 Å². The fourth-order valence-electron chi connectivity index (χ4n) is 4.02. The minimum absolute atomic E-state index is 0.0621. The summed E-state index contributed by atoms with van der Waals surface area (Å²) in [6.07, 6.45) is 2.17. The van der Waals surface area contributed by atoms with Crippen molar-refractivity contribution in [3.8, 4) is 0 Å². The van der Waals surface area contributed by atoms with Crippen molar-refractivity contribution in [2.75, 3.05) is 17.8 Å². The Labute approximate surface area is 209 Å². The Morgan fingerprint density at radius 2 is 1.57 bits per heavy atom. The minimum Gasteiger partial charge on any atom is -0.353 e. The largest absolute Gasteiger partial charge is 0.353 e. The summed E-state index contributed by atoms with van der Waals surface area (Å²) < 4.78 is 28.1. The summed E-state index contributed by atoms with van der Waals surface area (Å²) >= 11 is 0. The van der Waals surface area contributed by atoms with Crippen LogP contribution in [0.5, 0.6) is 0 Å². The molecule has 1 aliphatic rings. The van der Waals surface area contributed by atoms with Gasteiger partial charge in [0.15, 0.2) is 0 Å². The molecular weight excluding hydrogens is 462 g/mol. The lowest BCUT2D eigenvalue weighted by Gasteiger charge is -2.32. The molecule has 2 N–H and O–H groups in total. The summed E-state index contributed by atoms with van der Waals surface area (Å²) in [5.41, 5.74) is 1.87. The Morgan fingerprint density at radius 3 is 2.09 bits per heavy atom. The monoisotopic (exact) mass is 499 g/mol. The number of sulfonamides is 1. The lowest BCUT2D eigenvalue weighted by Crippen LogP contribution is -2.44. The third kappa shape index (κ3) is 6.84. The topological polar surface area (TPSA) is 95.6 Å². The highest BCUT2D eigenvalue weighted by Gasteiger charge is 2.28. The van der Waals surface area contributed by atoms with Crippen LogP contribution in [0, 0.1) is 5.92 Å². The van der Waals surface area contributed by atoms with Crippen molar-refractivity contribution in [1.82, 2.24) is 10.2 Å². The van der Waals surface area contributed by atoms with Gasteiger partial charge in [-0.25, -0.2) is 8.42 Å². The second kappa shape index (κ2) is 10.8. The molecule has 0 aromatic heterocycles. The molecule has 7 nitrogen and oxygen atoms in total. The predicted octanol–water partition coefficient (Wildman–Crippen LogP) is 4.55. The van der Waals surface area contributed by atoms with Gasteiger partial charge in [-0.15, -0.1) is 0 Å². The Balaban J connectivity index is 1.59. The first-order chi connectivity index (χ1) is 16.4. The number of carbonyl (C=O) groups is 2. The average molecular weight is 500 g/mol. The van der Waals surface area contributed by atoms with E-state index in [2.05, 4.69) is 30.8 Å². The first-order valence-electron chi connectivity index (χ1n) is 12.2. The molecule has 8 heteroatoms. The molecule has 1 aliphatic heterocycles. The van der Waals surface area contributed by atoms with E-state index in [0.29, 0.717) is 37.2 Å². The number of benzene rings is 2. The van der Waals surface area contributed by atoms with Crippen molar-refractivity contribution < 1.29 is 18.0 Å². The van der Waals surface area contributed by atoms with Gasteiger partial charge in [0.1, 0.15) is 0 Å². The molecule has 1 atom stereocenters. The molecular formula is C27H37N3O4S. The van der Waals surface area contributed by atoms with Crippen molar-refractivity contribution >= 4 is 27.5 Å². The Hall–Kier alpha value is -2.87. The Kier molecular flexibility index (Phi) is 8.26. The summed E-state index contributed by atoms with van der Waals surface area (Å²) in [7, 11) is -3.74. The minimum atomic E-state index is -3.74. The maximum absolute atomic E-state index is 12.9. The van der Waals surface area contributed by atoms with Crippen molar-refractivity contribution in [1.29, 1.82) is 0 Å². The number of nitrogens with zero attached hydrogens (tertiary/aromatic N) is 1. The highest BCUT2D eigenvalue weighted by molar-refractivity contribution is 7.92. The third-order valence-electron chi connectivity index (χ3n) is 6.57. The predicted molar refractivity (Wildman–Crippen MR) is 139 cm³/mol. The zero-order valence-corrected chi connectivity index (χ0v) is 22.1. The van der Waals surface area contributed by atoms with E-state index in [1.54, 1.807) is 41.3 Å². The lowest BCUT2D eigenvalue weighted by molar-refractivity contribution is -0.126. The van der Waals surface area contributed by atoms with Gasteiger partial charge in [-0.1, -0.05) is 39.8 Å². The third-order valence-corrected chi connectivity index (χ3v) is 7.97. The van der Waals surface area contributed by atoms with Crippen LogP contribution in [0.3, 0.4) is 0 Å². The van der Waals surface area contributed by atoms with Crippen molar-refractivity contribution in [2.24, 2.45) is 5.92 Å². The van der Waals surface area contributed by atoms with E-state index in [1.165, 1.54) is 0 Å². The molecule has 2 amide bonds. The quantitative estimate of drug-likeness (QED) is 0.584. The van der Waals surface area contributed by atoms with Crippen LogP contribution >= 0.6 is 0 Å². The van der Waals surface area contributed by atoms with Crippen LogP contribution in [0.25, 0.3) is 0 Å². The van der Waals surface area contributed by atoms with E-state index >= 15 is 0 Å². The van der Waals surface area contributed by atoms with Gasteiger partial charge >= 0.3 is 0 Å². The first kappa shape index (κ1) is 26.7. The standard InChI is InChI=1S/C27H37N3O4S/c1-6-19(2)28-25(31)20-15-17-30(18-16-20)26(32)21-7-11-23(12-8-21)29-35(33,34)24-13-9-22(10-14-24)27(3,4)5/h7-14,19-20,29H,6,15-18H2,1-5H3,(H,28,31). The normalized spacial score (nSPS) is 16.0. The van der Waals surface area contributed by atoms with Gasteiger partial charge in [0, 0.05) is 36.3 Å². The number of likely N-dealkylation sites (tertiary alicyclic amines) is 1. The van der Waals surface area contributed by atoms with E-state index in [9.17, 15) is 18.0 Å². The molecule has 0 spiro atoms. The van der Waals surface area contributed by atoms with E-state index in [4.69, 9.17) is 0 Å². The van der Waals surface area contributed by atoms with Crippen LogP contribution < -0.4 is 10.0 Å². The number of piperidine rings is 1. The Bertz CT molecular complexity index is 1130. The number of hydrogen-bond acceptors (Lipinski definition) is 4. The lowest BCUT2D eigenvalue weighted by atomic mass is 9.87. The zero-order chi connectivity index (χ0) is 25.8. The summed E-state index contributed by atoms with van der Waals surface area (Å²) in [6.45, 7) is 11.3. The second-order valence-corrected chi connectivity index (χ2v) is 12.0. The van der Waals surface area contributed by atoms with Gasteiger partial charge in [0.2, 0.25) is 5.91 Å². The number of rotatable bonds is 7. The Morgan fingerprint density at radius 1 is 1.00 bits per heavy atom. The molecule has 1 fully saturated rings. The molecule has 2 aromatic carbocycles. The van der Waals surface area contributed by atoms with Crippen molar-refractivity contribution in [2.45, 2.75) is 70.2 Å². The summed E-state index contributed by atoms with van der Waals surface area (Å²) in [5, 5.41) is 3.02. The van der Waals surface area contributed by atoms with Crippen LogP contribution in [0.2, 0.25) is 0 Å².